The van der Waals surface area contributed by atoms with Gasteiger partial charge in [0.25, 0.3) is 5.91 Å². The van der Waals surface area contributed by atoms with Crippen molar-refractivity contribution in [2.75, 3.05) is 20.3 Å². The third-order valence-corrected chi connectivity index (χ3v) is 6.28. The molecule has 3 aromatic carbocycles. The van der Waals surface area contributed by atoms with Crippen LogP contribution >= 0.6 is 35.0 Å². The van der Waals surface area contributed by atoms with Crippen molar-refractivity contribution in [3.63, 3.8) is 0 Å². The summed E-state index contributed by atoms with van der Waals surface area (Å²) in [5, 5.41) is 3.93. The fourth-order valence-corrected chi connectivity index (χ4v) is 4.64. The number of nitrogens with zero attached hydrogens (tertiary/aromatic N) is 1. The molecule has 0 atom stereocenters. The molecular formula is C23H18Cl2N2O2S. The molecule has 7 heteroatoms. The van der Waals surface area contributed by atoms with Gasteiger partial charge in [-0.15, -0.1) is 0 Å². The van der Waals surface area contributed by atoms with E-state index in [-0.39, 0.29) is 5.91 Å². The van der Waals surface area contributed by atoms with Crippen LogP contribution in [0.25, 0.3) is 0 Å². The summed E-state index contributed by atoms with van der Waals surface area (Å²) < 4.78 is 4.99. The normalized spacial score (nSPS) is 12.4. The molecule has 0 unspecified atom stereocenters. The predicted molar refractivity (Wildman–Crippen MR) is 123 cm³/mol. The Kier molecular flexibility index (Phi) is 6.44. The van der Waals surface area contributed by atoms with E-state index in [1.54, 1.807) is 37.1 Å². The largest absolute Gasteiger partial charge is 0.383 e. The molecule has 0 saturated carbocycles. The van der Waals surface area contributed by atoms with E-state index in [1.165, 1.54) is 0 Å². The first kappa shape index (κ1) is 20.9. The Hall–Kier alpha value is -2.31. The molecule has 4 nitrogen and oxygen atoms in total. The van der Waals surface area contributed by atoms with Crippen LogP contribution in [-0.4, -0.2) is 31.9 Å². The first-order valence-electron chi connectivity index (χ1n) is 9.29. The third kappa shape index (κ3) is 4.40. The first-order valence-corrected chi connectivity index (χ1v) is 10.9. The van der Waals surface area contributed by atoms with Crippen LogP contribution in [0.4, 0.5) is 5.69 Å². The summed E-state index contributed by atoms with van der Waals surface area (Å²) in [6.45, 7) is 0.903. The Morgan fingerprint density at radius 2 is 1.87 bits per heavy atom. The molecule has 0 spiro atoms. The van der Waals surface area contributed by atoms with Crippen molar-refractivity contribution in [1.29, 1.82) is 0 Å². The summed E-state index contributed by atoms with van der Waals surface area (Å²) in [5.41, 5.74) is 3.78. The lowest BCUT2D eigenvalue weighted by atomic mass is 10.0. The molecule has 0 saturated heterocycles. The Balaban J connectivity index is 1.82. The second-order valence-corrected chi connectivity index (χ2v) is 8.54. The Morgan fingerprint density at radius 3 is 2.67 bits per heavy atom. The lowest BCUT2D eigenvalue weighted by Gasteiger charge is -2.10. The van der Waals surface area contributed by atoms with Crippen molar-refractivity contribution < 1.29 is 9.53 Å². The van der Waals surface area contributed by atoms with Crippen molar-refractivity contribution in [3.05, 3.63) is 87.4 Å². The second-order valence-electron chi connectivity index (χ2n) is 6.61. The topological polar surface area (TPSA) is 50.7 Å². The maximum atomic E-state index is 12.5. The Labute approximate surface area is 189 Å². The number of aliphatic imine (C=N–C) groups is 1. The number of amides is 1. The van der Waals surface area contributed by atoms with Crippen LogP contribution in [-0.2, 0) is 4.74 Å². The number of carbonyl (C=O) groups excluding carboxylic acids is 1. The monoisotopic (exact) mass is 456 g/mol. The number of carbonyl (C=O) groups is 1. The molecule has 1 aliphatic heterocycles. The minimum atomic E-state index is -0.164. The molecule has 0 bridgehead atoms. The highest BCUT2D eigenvalue weighted by Gasteiger charge is 2.21. The number of hydrogen-bond donors (Lipinski definition) is 1. The van der Waals surface area contributed by atoms with Gasteiger partial charge in [0.15, 0.2) is 0 Å². The van der Waals surface area contributed by atoms with E-state index in [9.17, 15) is 4.79 Å². The average Bonchev–Trinajstić information content (AvgIpc) is 2.90. The van der Waals surface area contributed by atoms with E-state index in [0.717, 1.165) is 32.3 Å². The minimum Gasteiger partial charge on any atom is -0.383 e. The zero-order chi connectivity index (χ0) is 21.1. The van der Waals surface area contributed by atoms with Gasteiger partial charge >= 0.3 is 0 Å². The molecule has 1 heterocycles. The van der Waals surface area contributed by atoms with Crippen LogP contribution in [0.1, 0.15) is 21.5 Å². The van der Waals surface area contributed by atoms with Gasteiger partial charge in [-0.05, 0) is 42.5 Å². The summed E-state index contributed by atoms with van der Waals surface area (Å²) in [4.78, 5) is 19.5. The smallest absolute Gasteiger partial charge is 0.251 e. The molecule has 0 aromatic heterocycles. The molecule has 0 aliphatic carbocycles. The highest BCUT2D eigenvalue weighted by molar-refractivity contribution is 7.99. The summed E-state index contributed by atoms with van der Waals surface area (Å²) >= 11 is 14.2. The van der Waals surface area contributed by atoms with E-state index < -0.39 is 0 Å². The number of hydrogen-bond acceptors (Lipinski definition) is 4. The number of halogens is 2. The van der Waals surface area contributed by atoms with Crippen LogP contribution in [0, 0.1) is 0 Å². The van der Waals surface area contributed by atoms with E-state index >= 15 is 0 Å². The zero-order valence-corrected chi connectivity index (χ0v) is 18.4. The summed E-state index contributed by atoms with van der Waals surface area (Å²) in [5.74, 6) is -0.164. The van der Waals surface area contributed by atoms with Crippen molar-refractivity contribution in [2.24, 2.45) is 4.99 Å². The number of nitrogens with one attached hydrogen (secondary N) is 1. The molecule has 3 aromatic rings. The van der Waals surface area contributed by atoms with Gasteiger partial charge in [-0.2, -0.15) is 0 Å². The van der Waals surface area contributed by atoms with Crippen LogP contribution in [0.2, 0.25) is 10.0 Å². The third-order valence-electron chi connectivity index (χ3n) is 4.59. The second kappa shape index (κ2) is 9.23. The zero-order valence-electron chi connectivity index (χ0n) is 16.1. The maximum Gasteiger partial charge on any atom is 0.251 e. The van der Waals surface area contributed by atoms with E-state index in [1.807, 2.05) is 36.4 Å². The Morgan fingerprint density at radius 1 is 1.03 bits per heavy atom. The summed E-state index contributed by atoms with van der Waals surface area (Å²) in [7, 11) is 1.60. The quantitative estimate of drug-likeness (QED) is 0.374. The van der Waals surface area contributed by atoms with Crippen molar-refractivity contribution >= 4 is 52.3 Å². The van der Waals surface area contributed by atoms with Crippen molar-refractivity contribution in [3.8, 4) is 0 Å². The fourth-order valence-electron chi connectivity index (χ4n) is 3.14. The number of ether oxygens (including phenoxy) is 1. The van der Waals surface area contributed by atoms with Crippen LogP contribution < -0.4 is 5.32 Å². The van der Waals surface area contributed by atoms with Crippen LogP contribution in [0.15, 0.2) is 75.4 Å². The number of rotatable bonds is 5. The van der Waals surface area contributed by atoms with E-state index in [2.05, 4.69) is 11.4 Å². The van der Waals surface area contributed by atoms with Gasteiger partial charge in [0.05, 0.1) is 23.0 Å². The molecule has 0 radical (unpaired) electrons. The molecule has 152 valence electrons. The Bertz CT molecular complexity index is 1150. The van der Waals surface area contributed by atoms with E-state index in [4.69, 9.17) is 32.9 Å². The van der Waals surface area contributed by atoms with Crippen molar-refractivity contribution in [2.45, 2.75) is 9.79 Å². The maximum absolute atomic E-state index is 12.5. The minimum absolute atomic E-state index is 0.164. The van der Waals surface area contributed by atoms with Gasteiger partial charge < -0.3 is 10.1 Å². The van der Waals surface area contributed by atoms with E-state index in [0.29, 0.717) is 28.8 Å². The molecule has 30 heavy (non-hydrogen) atoms. The number of methoxy groups -OCH3 is 1. The van der Waals surface area contributed by atoms with Crippen molar-refractivity contribution in [1.82, 2.24) is 5.32 Å². The highest BCUT2D eigenvalue weighted by Crippen LogP contribution is 2.42. The molecular weight excluding hydrogens is 439 g/mol. The van der Waals surface area contributed by atoms with Gasteiger partial charge in [-0.25, -0.2) is 4.99 Å². The van der Waals surface area contributed by atoms with Gasteiger partial charge in [0.2, 0.25) is 0 Å². The van der Waals surface area contributed by atoms with Gasteiger partial charge in [-0.1, -0.05) is 53.2 Å². The lowest BCUT2D eigenvalue weighted by molar-refractivity contribution is 0.0937. The number of fused-ring (bicyclic) bond motifs is 2. The van der Waals surface area contributed by atoms with Crippen LogP contribution in [0.3, 0.4) is 0 Å². The molecule has 1 amide bonds. The highest BCUT2D eigenvalue weighted by atomic mass is 35.5. The molecule has 1 N–H and O–H groups in total. The molecule has 1 aliphatic rings. The fraction of sp³-hybridized carbons (Fsp3) is 0.130. The first-order chi connectivity index (χ1) is 14.6. The summed E-state index contributed by atoms with van der Waals surface area (Å²) in [6, 6.07) is 19.0. The van der Waals surface area contributed by atoms with Gasteiger partial charge in [0.1, 0.15) is 0 Å². The standard InChI is InChI=1S/C23H18Cl2N2O2S/c1-29-11-10-26-23(28)14-6-9-21-19(12-14)27-22(16-8-7-15(24)13-18(16)25)17-4-2-3-5-20(17)30-21/h2-9,12-13H,10-11H2,1H3,(H,26,28). The summed E-state index contributed by atoms with van der Waals surface area (Å²) in [6.07, 6.45) is 0. The average molecular weight is 457 g/mol. The molecule has 4 rings (SSSR count). The SMILES string of the molecule is COCCNC(=O)c1ccc2c(c1)N=C(c1ccc(Cl)cc1Cl)c1ccccc1S2. The predicted octanol–water partition coefficient (Wildman–Crippen LogP) is 6.00. The lowest BCUT2D eigenvalue weighted by Crippen LogP contribution is -2.26. The van der Waals surface area contributed by atoms with Gasteiger partial charge in [0, 0.05) is 45.2 Å². The van der Waals surface area contributed by atoms with Gasteiger partial charge in [-0.3, -0.25) is 4.79 Å². The number of benzene rings is 3. The van der Waals surface area contributed by atoms with Crippen LogP contribution in [0.5, 0.6) is 0 Å². The molecule has 0 fully saturated rings.